The van der Waals surface area contributed by atoms with Crippen LogP contribution in [0.1, 0.15) is 12.5 Å². The van der Waals surface area contributed by atoms with Crippen LogP contribution >= 0.6 is 11.9 Å². The van der Waals surface area contributed by atoms with E-state index in [-0.39, 0.29) is 11.5 Å². The highest BCUT2D eigenvalue weighted by Gasteiger charge is 2.14. The molecule has 2 rings (SSSR count). The Bertz CT molecular complexity index is 946. The molecule has 5 nitrogen and oxygen atoms in total. The van der Waals surface area contributed by atoms with E-state index in [0.29, 0.717) is 23.2 Å². The van der Waals surface area contributed by atoms with E-state index < -0.39 is 11.6 Å². The Kier molecular flexibility index (Phi) is 8.73. The molecule has 0 bridgehead atoms. The molecule has 0 aromatic heterocycles. The Morgan fingerprint density at radius 1 is 1.17 bits per heavy atom. The summed E-state index contributed by atoms with van der Waals surface area (Å²) >= 11 is 1.51. The van der Waals surface area contributed by atoms with Crippen molar-refractivity contribution in [2.45, 2.75) is 6.92 Å². The largest absolute Gasteiger partial charge is 0.493 e. The van der Waals surface area contributed by atoms with Crippen molar-refractivity contribution in [1.29, 1.82) is 0 Å². The van der Waals surface area contributed by atoms with Crippen LogP contribution in [-0.4, -0.2) is 38.1 Å². The zero-order chi connectivity index (χ0) is 22.1. The first-order chi connectivity index (χ1) is 14.4. The number of hydrogen-bond donors (Lipinski definition) is 1. The minimum Gasteiger partial charge on any atom is -0.493 e. The van der Waals surface area contributed by atoms with E-state index in [1.165, 1.54) is 25.1 Å². The summed E-state index contributed by atoms with van der Waals surface area (Å²) < 4.78 is 41.5. The Hall–Kier alpha value is -3.00. The fourth-order valence-electron chi connectivity index (χ4n) is 2.50. The lowest BCUT2D eigenvalue weighted by atomic mass is 10.0. The zero-order valence-corrected chi connectivity index (χ0v) is 18.1. The van der Waals surface area contributed by atoms with E-state index in [9.17, 15) is 13.6 Å². The van der Waals surface area contributed by atoms with Crippen molar-refractivity contribution in [1.82, 2.24) is 4.90 Å². The Morgan fingerprint density at radius 2 is 1.90 bits per heavy atom. The van der Waals surface area contributed by atoms with Gasteiger partial charge in [-0.1, -0.05) is 18.9 Å². The molecule has 0 unspecified atom stereocenters. The Morgan fingerprint density at radius 3 is 2.50 bits per heavy atom. The van der Waals surface area contributed by atoms with Gasteiger partial charge in [0.15, 0.2) is 23.6 Å². The number of benzene rings is 2. The van der Waals surface area contributed by atoms with Crippen molar-refractivity contribution < 1.29 is 23.0 Å². The van der Waals surface area contributed by atoms with Crippen LogP contribution in [0.5, 0.6) is 11.5 Å². The predicted molar refractivity (Wildman–Crippen MR) is 117 cm³/mol. The zero-order valence-electron chi connectivity index (χ0n) is 17.2. The van der Waals surface area contributed by atoms with Crippen LogP contribution in [0.15, 0.2) is 54.4 Å². The second kappa shape index (κ2) is 11.3. The van der Waals surface area contributed by atoms with Gasteiger partial charge in [0.05, 0.1) is 7.11 Å². The number of nitrogens with one attached hydrogen (secondary N) is 1. The quantitative estimate of drug-likeness (QED) is 0.176. The van der Waals surface area contributed by atoms with E-state index in [1.807, 2.05) is 27.1 Å². The first-order valence-electron chi connectivity index (χ1n) is 9.12. The first-order valence-corrected chi connectivity index (χ1v) is 10.1. The van der Waals surface area contributed by atoms with Crippen LogP contribution in [0.3, 0.4) is 0 Å². The highest BCUT2D eigenvalue weighted by atomic mass is 32.2. The maximum atomic E-state index is 14.2. The molecule has 8 heteroatoms. The van der Waals surface area contributed by atoms with Gasteiger partial charge in [0.25, 0.3) is 0 Å². The molecule has 0 spiro atoms. The fraction of sp³-hybridized carbons (Fsp3) is 0.227. The molecular weight excluding hydrogens is 410 g/mol. The number of hydrogen-bond acceptors (Lipinski definition) is 6. The smallest absolute Gasteiger partial charge is 0.184 e. The van der Waals surface area contributed by atoms with Crippen molar-refractivity contribution >= 4 is 29.5 Å². The third-order valence-corrected chi connectivity index (χ3v) is 4.45. The van der Waals surface area contributed by atoms with Gasteiger partial charge in [-0.05, 0) is 36.4 Å². The summed E-state index contributed by atoms with van der Waals surface area (Å²) in [5.74, 6) is -0.321. The molecule has 0 amide bonds. The number of aldehydes is 1. The molecule has 0 aliphatic rings. The summed E-state index contributed by atoms with van der Waals surface area (Å²) in [6.45, 7) is 2.02. The van der Waals surface area contributed by atoms with Crippen LogP contribution < -0.4 is 9.46 Å². The van der Waals surface area contributed by atoms with Crippen molar-refractivity contribution in [3.05, 3.63) is 71.6 Å². The van der Waals surface area contributed by atoms with Crippen molar-refractivity contribution in [2.75, 3.05) is 31.7 Å². The molecule has 0 saturated heterocycles. The molecular formula is C22H24F2N2O3S. The maximum absolute atomic E-state index is 14.2. The average molecular weight is 435 g/mol. The molecule has 0 fully saturated rings. The normalized spacial score (nSPS) is 11.8. The molecule has 0 aliphatic heterocycles. The number of anilines is 1. The SMILES string of the molecule is CCSNc1ccc(Oc2ccc(F)cc2F)c(C(/C=C(\C=O)OC)=C/N(C)C)c1. The molecule has 2 aromatic rings. The van der Waals surface area contributed by atoms with Gasteiger partial charge in [-0.25, -0.2) is 8.78 Å². The van der Waals surface area contributed by atoms with Crippen molar-refractivity contribution in [2.24, 2.45) is 0 Å². The van der Waals surface area contributed by atoms with E-state index >= 15 is 0 Å². The Labute approximate surface area is 179 Å². The van der Waals surface area contributed by atoms with Gasteiger partial charge in [0.1, 0.15) is 11.6 Å². The highest BCUT2D eigenvalue weighted by molar-refractivity contribution is 8.00. The summed E-state index contributed by atoms with van der Waals surface area (Å²) in [6, 6.07) is 8.40. The third kappa shape index (κ3) is 6.52. The number of methoxy groups -OCH3 is 1. The molecule has 0 radical (unpaired) electrons. The molecule has 30 heavy (non-hydrogen) atoms. The first kappa shape index (κ1) is 23.3. The van der Waals surface area contributed by atoms with Gasteiger partial charge in [0.2, 0.25) is 0 Å². The van der Waals surface area contributed by atoms with Gasteiger partial charge in [-0.2, -0.15) is 0 Å². The van der Waals surface area contributed by atoms with Crippen LogP contribution in [0.25, 0.3) is 5.57 Å². The molecule has 160 valence electrons. The average Bonchev–Trinajstić information content (AvgIpc) is 2.72. The molecule has 2 aromatic carbocycles. The lowest BCUT2D eigenvalue weighted by Gasteiger charge is -2.17. The predicted octanol–water partition coefficient (Wildman–Crippen LogP) is 5.47. The van der Waals surface area contributed by atoms with Gasteiger partial charge in [-0.3, -0.25) is 4.79 Å². The molecule has 0 heterocycles. The van der Waals surface area contributed by atoms with Gasteiger partial charge < -0.3 is 19.1 Å². The van der Waals surface area contributed by atoms with E-state index in [2.05, 4.69) is 4.72 Å². The highest BCUT2D eigenvalue weighted by Crippen LogP contribution is 2.35. The van der Waals surface area contributed by atoms with Gasteiger partial charge >= 0.3 is 0 Å². The third-order valence-electron chi connectivity index (χ3n) is 3.79. The minimum atomic E-state index is -0.816. The minimum absolute atomic E-state index is 0.114. The van der Waals surface area contributed by atoms with Crippen LogP contribution in [0, 0.1) is 11.6 Å². The number of halogens is 2. The number of ether oxygens (including phenoxy) is 2. The maximum Gasteiger partial charge on any atom is 0.184 e. The van der Waals surface area contributed by atoms with Crippen molar-refractivity contribution in [3.8, 4) is 11.5 Å². The Balaban J connectivity index is 2.60. The number of carbonyl (C=O) groups is 1. The fourth-order valence-corrected chi connectivity index (χ4v) is 2.94. The molecule has 0 aliphatic carbocycles. The standard InChI is InChI=1S/C22H24F2N2O3S/c1-5-30-25-17-7-9-21(29-22-8-6-16(23)11-20(22)24)19(12-17)15(13-26(2)3)10-18(14-27)28-4/h6-14,25H,5H2,1-4H3/b15-13+,18-10+. The van der Waals surface area contributed by atoms with Crippen LogP contribution in [0.2, 0.25) is 0 Å². The summed E-state index contributed by atoms with van der Waals surface area (Å²) in [7, 11) is 5.06. The monoisotopic (exact) mass is 434 g/mol. The summed E-state index contributed by atoms with van der Waals surface area (Å²) in [6.07, 6.45) is 3.94. The van der Waals surface area contributed by atoms with Crippen LogP contribution in [-0.2, 0) is 9.53 Å². The summed E-state index contributed by atoms with van der Waals surface area (Å²) in [5.41, 5.74) is 1.99. The molecule has 1 N–H and O–H groups in total. The van der Waals surface area contributed by atoms with Gasteiger partial charge in [-0.15, -0.1) is 0 Å². The topological polar surface area (TPSA) is 50.8 Å². The number of nitrogens with zero attached hydrogens (tertiary/aromatic N) is 1. The molecule has 0 atom stereocenters. The number of rotatable bonds is 10. The second-order valence-electron chi connectivity index (χ2n) is 6.34. The lowest BCUT2D eigenvalue weighted by Crippen LogP contribution is -2.04. The van der Waals surface area contributed by atoms with E-state index in [1.54, 1.807) is 29.3 Å². The van der Waals surface area contributed by atoms with Crippen LogP contribution in [0.4, 0.5) is 14.5 Å². The van der Waals surface area contributed by atoms with E-state index in [0.717, 1.165) is 23.6 Å². The second-order valence-corrected chi connectivity index (χ2v) is 7.41. The van der Waals surface area contributed by atoms with E-state index in [4.69, 9.17) is 9.47 Å². The lowest BCUT2D eigenvalue weighted by molar-refractivity contribution is -0.107. The number of carbonyl (C=O) groups excluding carboxylic acids is 1. The summed E-state index contributed by atoms with van der Waals surface area (Å²) in [5, 5.41) is 0. The van der Waals surface area contributed by atoms with Gasteiger partial charge in [0, 0.05) is 48.9 Å². The molecule has 0 saturated carbocycles. The number of allylic oxidation sites excluding steroid dienone is 3. The van der Waals surface area contributed by atoms with Crippen molar-refractivity contribution in [3.63, 3.8) is 0 Å². The summed E-state index contributed by atoms with van der Waals surface area (Å²) in [4.78, 5) is 13.1.